The van der Waals surface area contributed by atoms with Crippen molar-refractivity contribution in [3.8, 4) is 0 Å². The molecule has 354 valence electrons. The Morgan fingerprint density at radius 2 is 1.31 bits per heavy atom. The molecule has 17 nitrogen and oxygen atoms in total. The molecule has 6 heterocycles. The lowest BCUT2D eigenvalue weighted by atomic mass is 9.44. The number of ether oxygens (including phenoxy) is 8. The highest BCUT2D eigenvalue weighted by Gasteiger charge is 2.69. The van der Waals surface area contributed by atoms with Gasteiger partial charge in [0.25, 0.3) is 0 Å². The third kappa shape index (κ3) is 7.12. The van der Waals surface area contributed by atoms with Crippen LogP contribution in [0.4, 0.5) is 0 Å². The predicted molar refractivity (Wildman–Crippen MR) is 212 cm³/mol. The number of aliphatic hydroxyl groups is 7. The molecule has 10 rings (SSSR count). The van der Waals surface area contributed by atoms with Gasteiger partial charge < -0.3 is 73.6 Å². The van der Waals surface area contributed by atoms with Gasteiger partial charge in [-0.1, -0.05) is 27.7 Å². The molecular weight excluding hydrogens is 812 g/mol. The standard InChI is InChI=1S/C45H72O17/c1-19-8-13-45(53-18-19)20(2)30-27(60-45)15-26-24-7-6-22-14-23(9-11-43(22,4)25(24)10-12-44(26,30)5)55-41-37(34(51)32(49)29(17-47)57-41)59-42-39-38(61-62-39)36(21(3)54-42)58-40-35(52)33(50)31(48)28(16-46)56-40/h19-42,46-52H,6-18H2,1-5H3. The van der Waals surface area contributed by atoms with Gasteiger partial charge in [0, 0.05) is 12.3 Å². The highest BCUT2D eigenvalue weighted by Crippen LogP contribution is 2.71. The number of rotatable bonds is 8. The van der Waals surface area contributed by atoms with Crippen molar-refractivity contribution < 1.29 is 83.4 Å². The first kappa shape index (κ1) is 45.1. The summed E-state index contributed by atoms with van der Waals surface area (Å²) in [5.74, 6) is 3.49. The minimum absolute atomic E-state index is 0.168. The number of hydrogen-bond donors (Lipinski definition) is 7. The fourth-order valence-corrected chi connectivity index (χ4v) is 14.9. The second-order valence-corrected chi connectivity index (χ2v) is 21.6. The molecule has 10 aliphatic rings. The minimum atomic E-state index is -1.63. The number of aliphatic hydroxyl groups excluding tert-OH is 7. The van der Waals surface area contributed by atoms with Crippen LogP contribution in [-0.4, -0.2) is 166 Å². The first-order valence-electron chi connectivity index (χ1n) is 23.8. The quantitative estimate of drug-likeness (QED) is 0.134. The lowest BCUT2D eigenvalue weighted by Crippen LogP contribution is -2.70. The Kier molecular flexibility index (Phi) is 12.2. The number of fused-ring (bicyclic) bond motifs is 8. The zero-order chi connectivity index (χ0) is 43.6. The fraction of sp³-hybridized carbons (Fsp3) is 1.00. The summed E-state index contributed by atoms with van der Waals surface area (Å²) in [5.41, 5.74) is 0.420. The van der Waals surface area contributed by atoms with Crippen LogP contribution in [0.5, 0.6) is 0 Å². The van der Waals surface area contributed by atoms with Crippen molar-refractivity contribution >= 4 is 0 Å². The van der Waals surface area contributed by atoms with Crippen molar-refractivity contribution in [2.75, 3.05) is 19.8 Å². The molecule has 0 radical (unpaired) electrons. The van der Waals surface area contributed by atoms with Crippen LogP contribution >= 0.6 is 0 Å². The van der Waals surface area contributed by atoms with Crippen molar-refractivity contribution in [1.29, 1.82) is 0 Å². The van der Waals surface area contributed by atoms with E-state index in [-0.39, 0.29) is 23.0 Å². The summed E-state index contributed by atoms with van der Waals surface area (Å²) in [6, 6.07) is 0. The van der Waals surface area contributed by atoms with E-state index in [0.717, 1.165) is 45.1 Å². The molecule has 6 aliphatic heterocycles. The van der Waals surface area contributed by atoms with Crippen molar-refractivity contribution in [2.45, 2.75) is 209 Å². The monoisotopic (exact) mass is 884 g/mol. The van der Waals surface area contributed by atoms with E-state index in [0.29, 0.717) is 41.4 Å². The second-order valence-electron chi connectivity index (χ2n) is 21.6. The summed E-state index contributed by atoms with van der Waals surface area (Å²) in [6.45, 7) is 11.1. The van der Waals surface area contributed by atoms with Crippen LogP contribution in [-0.2, 0) is 47.7 Å². The molecule has 6 saturated heterocycles. The van der Waals surface area contributed by atoms with E-state index in [9.17, 15) is 35.7 Å². The molecule has 17 heteroatoms. The van der Waals surface area contributed by atoms with E-state index in [2.05, 4.69) is 27.7 Å². The second kappa shape index (κ2) is 16.8. The van der Waals surface area contributed by atoms with Crippen LogP contribution in [0.15, 0.2) is 0 Å². The molecule has 0 amide bonds. The van der Waals surface area contributed by atoms with Gasteiger partial charge in [0.2, 0.25) is 0 Å². The molecule has 4 aliphatic carbocycles. The van der Waals surface area contributed by atoms with E-state index < -0.39 is 111 Å². The molecule has 1 spiro atoms. The van der Waals surface area contributed by atoms with Gasteiger partial charge in [0.05, 0.1) is 38.1 Å². The van der Waals surface area contributed by atoms with Crippen LogP contribution in [0.2, 0.25) is 0 Å². The zero-order valence-corrected chi connectivity index (χ0v) is 36.8. The molecule has 27 atom stereocenters. The smallest absolute Gasteiger partial charge is 0.190 e. The SMILES string of the molecule is CC1CCC2(OC1)OC1CC3C4CCC5CC(OC6OC(CO)C(O)C(O)C6OC6OC(C)C(OC7OC(CO)C(O)C(O)C7O)C7OOC67)CCC5(C)C4CCC3(C)C1C2C. The minimum Gasteiger partial charge on any atom is -0.394 e. The maximum absolute atomic E-state index is 11.5. The molecule has 0 bridgehead atoms. The Morgan fingerprint density at radius 1 is 0.613 bits per heavy atom. The van der Waals surface area contributed by atoms with Crippen molar-refractivity contribution in [3.63, 3.8) is 0 Å². The third-order valence-electron chi connectivity index (χ3n) is 18.5. The average Bonchev–Trinajstić information content (AvgIpc) is 3.69. The van der Waals surface area contributed by atoms with Crippen LogP contribution in [0.3, 0.4) is 0 Å². The first-order valence-corrected chi connectivity index (χ1v) is 23.8. The summed E-state index contributed by atoms with van der Waals surface area (Å²) < 4.78 is 50.6. The van der Waals surface area contributed by atoms with E-state index >= 15 is 0 Å². The maximum atomic E-state index is 11.5. The molecule has 62 heavy (non-hydrogen) atoms. The van der Waals surface area contributed by atoms with Crippen LogP contribution in [0.25, 0.3) is 0 Å². The van der Waals surface area contributed by atoms with Gasteiger partial charge in [-0.05, 0) is 111 Å². The fourth-order valence-electron chi connectivity index (χ4n) is 14.9. The van der Waals surface area contributed by atoms with Gasteiger partial charge in [0.15, 0.2) is 36.9 Å². The Balaban J connectivity index is 0.790. The highest BCUT2D eigenvalue weighted by atomic mass is 17.3. The van der Waals surface area contributed by atoms with E-state index in [1.165, 1.54) is 25.7 Å². The highest BCUT2D eigenvalue weighted by molar-refractivity contribution is 5.15. The van der Waals surface area contributed by atoms with Crippen LogP contribution < -0.4 is 0 Å². The maximum Gasteiger partial charge on any atom is 0.190 e. The van der Waals surface area contributed by atoms with Gasteiger partial charge >= 0.3 is 0 Å². The Bertz CT molecular complexity index is 1580. The third-order valence-corrected chi connectivity index (χ3v) is 18.5. The van der Waals surface area contributed by atoms with Crippen molar-refractivity contribution in [2.24, 2.45) is 52.3 Å². The zero-order valence-electron chi connectivity index (χ0n) is 36.8. The summed E-state index contributed by atoms with van der Waals surface area (Å²) >= 11 is 0. The lowest BCUT2D eigenvalue weighted by Gasteiger charge is -2.61. The van der Waals surface area contributed by atoms with Gasteiger partial charge in [-0.15, -0.1) is 0 Å². The predicted octanol–water partition coefficient (Wildman–Crippen LogP) is 1.27. The summed E-state index contributed by atoms with van der Waals surface area (Å²) in [7, 11) is 0. The van der Waals surface area contributed by atoms with E-state index in [1.54, 1.807) is 6.92 Å². The Labute approximate surface area is 363 Å². The Morgan fingerprint density at radius 3 is 2.00 bits per heavy atom. The number of hydrogen-bond acceptors (Lipinski definition) is 17. The van der Waals surface area contributed by atoms with E-state index in [1.807, 2.05) is 0 Å². The Hall–Kier alpha value is -0.680. The molecular formula is C45H72O17. The topological polar surface area (TPSA) is 234 Å². The molecule has 27 unspecified atom stereocenters. The van der Waals surface area contributed by atoms with Gasteiger partial charge in [-0.3, -0.25) is 0 Å². The van der Waals surface area contributed by atoms with Crippen LogP contribution in [0, 0.1) is 52.3 Å². The largest absolute Gasteiger partial charge is 0.394 e. The van der Waals surface area contributed by atoms with E-state index in [4.69, 9.17) is 47.7 Å². The van der Waals surface area contributed by atoms with Gasteiger partial charge in [-0.2, -0.15) is 0 Å². The lowest BCUT2D eigenvalue weighted by molar-refractivity contribution is -0.538. The molecule has 4 saturated carbocycles. The normalized spacial score (nSPS) is 59.6. The molecule has 10 fully saturated rings. The molecule has 0 aromatic heterocycles. The summed E-state index contributed by atoms with van der Waals surface area (Å²) in [4.78, 5) is 10.8. The van der Waals surface area contributed by atoms with Crippen molar-refractivity contribution in [1.82, 2.24) is 0 Å². The molecule has 7 N–H and O–H groups in total. The summed E-state index contributed by atoms with van der Waals surface area (Å²) in [6.07, 6.45) is -7.62. The molecule has 0 aromatic rings. The van der Waals surface area contributed by atoms with Crippen LogP contribution in [0.1, 0.15) is 98.8 Å². The first-order chi connectivity index (χ1) is 29.6. The average molecular weight is 885 g/mol. The van der Waals surface area contributed by atoms with Crippen molar-refractivity contribution in [3.05, 3.63) is 0 Å². The molecule has 0 aromatic carbocycles. The summed E-state index contributed by atoms with van der Waals surface area (Å²) in [5, 5.41) is 73.4. The van der Waals surface area contributed by atoms with Gasteiger partial charge in [0.1, 0.15) is 54.9 Å². The van der Waals surface area contributed by atoms with Gasteiger partial charge in [-0.25, -0.2) is 9.78 Å².